The molecule has 0 aromatic heterocycles. The molecule has 0 aromatic carbocycles. The van der Waals surface area contributed by atoms with E-state index in [1.807, 2.05) is 11.8 Å². The van der Waals surface area contributed by atoms with Crippen molar-refractivity contribution in [3.05, 3.63) is 0 Å². The molecule has 3 heterocycles. The number of Topliss-reactive ketones (excluding diaryl/α,β-unsaturated/α-hetero) is 1. The van der Waals surface area contributed by atoms with Crippen LogP contribution < -0.4 is 16.4 Å². The van der Waals surface area contributed by atoms with Crippen LogP contribution in [0.3, 0.4) is 0 Å². The van der Waals surface area contributed by atoms with E-state index in [2.05, 4.69) is 10.6 Å². The van der Waals surface area contributed by atoms with Crippen LogP contribution in [0, 0.1) is 5.92 Å². The summed E-state index contributed by atoms with van der Waals surface area (Å²) < 4.78 is 0. The van der Waals surface area contributed by atoms with Gasteiger partial charge in [0.2, 0.25) is 0 Å². The summed E-state index contributed by atoms with van der Waals surface area (Å²) >= 11 is 1.86. The van der Waals surface area contributed by atoms with Crippen LogP contribution in [0.25, 0.3) is 0 Å². The van der Waals surface area contributed by atoms with E-state index in [1.165, 1.54) is 0 Å². The van der Waals surface area contributed by atoms with Gasteiger partial charge in [-0.3, -0.25) is 14.4 Å². The second-order valence-corrected chi connectivity index (χ2v) is 9.48. The first-order valence-corrected chi connectivity index (χ1v) is 11.9. The molecule has 172 valence electrons. The zero-order valence-corrected chi connectivity index (χ0v) is 18.3. The summed E-state index contributed by atoms with van der Waals surface area (Å²) in [7, 11) is 0. The minimum atomic E-state index is -0.660. The number of hydrogen-bond donors (Lipinski definition) is 3. The number of thioether (sulfide) groups is 1. The van der Waals surface area contributed by atoms with Crippen molar-refractivity contribution in [1.29, 1.82) is 0 Å². The lowest BCUT2D eigenvalue weighted by atomic mass is 9.93. The van der Waals surface area contributed by atoms with Crippen LogP contribution in [0.4, 0.5) is 4.79 Å². The lowest BCUT2D eigenvalue weighted by Crippen LogP contribution is -2.36. The zero-order valence-electron chi connectivity index (χ0n) is 17.5. The number of amides is 4. The smallest absolute Gasteiger partial charge is 0.332 e. The fraction of sp³-hybridized carbons (Fsp3) is 0.750. The number of ketones is 1. The highest BCUT2D eigenvalue weighted by Gasteiger charge is 2.42. The Labute approximate surface area is 185 Å². The van der Waals surface area contributed by atoms with Crippen molar-refractivity contribution in [2.45, 2.75) is 75.1 Å². The van der Waals surface area contributed by atoms with Crippen molar-refractivity contribution in [3.63, 3.8) is 0 Å². The number of imide groups is 1. The van der Waals surface area contributed by atoms with Crippen LogP contribution in [0.5, 0.6) is 0 Å². The Balaban J connectivity index is 1.29. The topological polar surface area (TPSA) is 148 Å². The molecule has 3 rings (SSSR count). The van der Waals surface area contributed by atoms with Crippen molar-refractivity contribution < 1.29 is 28.8 Å². The monoisotopic (exact) mass is 454 g/mol. The Morgan fingerprint density at radius 3 is 2.55 bits per heavy atom. The van der Waals surface area contributed by atoms with Gasteiger partial charge in [-0.15, -0.1) is 5.06 Å². The van der Waals surface area contributed by atoms with Crippen molar-refractivity contribution in [1.82, 2.24) is 15.7 Å². The quantitative estimate of drug-likeness (QED) is 0.221. The van der Waals surface area contributed by atoms with Gasteiger partial charge < -0.3 is 21.2 Å². The predicted octanol–water partition coefficient (Wildman–Crippen LogP) is 0.634. The molecule has 3 aliphatic rings. The molecule has 4 atom stereocenters. The van der Waals surface area contributed by atoms with E-state index in [0.717, 1.165) is 25.0 Å². The van der Waals surface area contributed by atoms with E-state index in [-0.39, 0.29) is 55.6 Å². The Morgan fingerprint density at radius 2 is 1.84 bits per heavy atom. The van der Waals surface area contributed by atoms with Gasteiger partial charge in [-0.1, -0.05) is 6.42 Å². The number of hydrogen-bond acceptors (Lipinski definition) is 8. The number of nitrogens with one attached hydrogen (secondary N) is 2. The molecule has 4 amide bonds. The Morgan fingerprint density at radius 1 is 1.10 bits per heavy atom. The average Bonchev–Trinajstić information content (AvgIpc) is 3.38. The van der Waals surface area contributed by atoms with Crippen molar-refractivity contribution in [2.24, 2.45) is 11.7 Å². The third kappa shape index (κ3) is 6.19. The third-order valence-electron chi connectivity index (χ3n) is 5.97. The van der Waals surface area contributed by atoms with Gasteiger partial charge in [0.15, 0.2) is 0 Å². The number of hydroxylamine groups is 2. The summed E-state index contributed by atoms with van der Waals surface area (Å²) in [5.74, 6) is -0.976. The fourth-order valence-electron chi connectivity index (χ4n) is 4.20. The lowest BCUT2D eigenvalue weighted by Gasteiger charge is -2.17. The maximum Gasteiger partial charge on any atom is 0.333 e. The zero-order chi connectivity index (χ0) is 22.4. The summed E-state index contributed by atoms with van der Waals surface area (Å²) in [5.41, 5.74) is 5.75. The molecule has 0 bridgehead atoms. The molecule has 0 saturated carbocycles. The molecular formula is C20H30N4O6S. The maximum atomic E-state index is 12.5. The average molecular weight is 455 g/mol. The van der Waals surface area contributed by atoms with E-state index < -0.39 is 17.8 Å². The first kappa shape index (κ1) is 23.5. The summed E-state index contributed by atoms with van der Waals surface area (Å²) in [5, 5.41) is 6.80. The van der Waals surface area contributed by atoms with E-state index in [4.69, 9.17) is 10.6 Å². The highest BCUT2D eigenvalue weighted by atomic mass is 32.2. The second kappa shape index (κ2) is 10.9. The summed E-state index contributed by atoms with van der Waals surface area (Å²) in [6, 6.07) is 0.291. The number of carbonyl (C=O) groups is 5. The van der Waals surface area contributed by atoms with E-state index in [9.17, 15) is 24.0 Å². The van der Waals surface area contributed by atoms with Crippen LogP contribution in [0.1, 0.15) is 57.8 Å². The van der Waals surface area contributed by atoms with E-state index in [1.54, 1.807) is 0 Å². The van der Waals surface area contributed by atoms with Crippen LogP contribution in [-0.4, -0.2) is 64.3 Å². The van der Waals surface area contributed by atoms with Gasteiger partial charge in [-0.25, -0.2) is 9.59 Å². The minimum Gasteiger partial charge on any atom is -0.332 e. The molecule has 0 spiro atoms. The molecule has 10 nitrogen and oxygen atoms in total. The van der Waals surface area contributed by atoms with Crippen molar-refractivity contribution in [2.75, 3.05) is 12.3 Å². The van der Waals surface area contributed by atoms with Crippen molar-refractivity contribution in [3.8, 4) is 0 Å². The molecule has 3 saturated heterocycles. The van der Waals surface area contributed by atoms with Crippen LogP contribution in [0.15, 0.2) is 0 Å². The van der Waals surface area contributed by atoms with Crippen molar-refractivity contribution >= 4 is 41.4 Å². The molecule has 0 radical (unpaired) electrons. The second-order valence-electron chi connectivity index (χ2n) is 8.20. The predicted molar refractivity (Wildman–Crippen MR) is 113 cm³/mol. The standard InChI is InChI=1S/C20H30N4O6S/c21-10-12(4-3-7-18(28)30-24-16(26)8-9-17(24)27)14(25)5-1-2-6-15-19-13(11-31-15)22-20(29)23-19/h12-13,15,19H,1-11,21H2,(H2,22,23,29)/t12?,13-,15-,19-/m0/s1. The molecule has 4 N–H and O–H groups in total. The number of rotatable bonds is 12. The molecule has 0 aromatic rings. The number of nitrogens with zero attached hydrogens (tertiary/aromatic N) is 1. The van der Waals surface area contributed by atoms with E-state index >= 15 is 0 Å². The third-order valence-corrected chi connectivity index (χ3v) is 7.48. The number of carbonyl (C=O) groups excluding carboxylic acids is 5. The molecule has 3 aliphatic heterocycles. The van der Waals surface area contributed by atoms with Gasteiger partial charge in [0.25, 0.3) is 11.8 Å². The number of fused-ring (bicyclic) bond motifs is 1. The summed E-state index contributed by atoms with van der Waals surface area (Å²) in [4.78, 5) is 63.5. The fourth-order valence-corrected chi connectivity index (χ4v) is 5.74. The highest BCUT2D eigenvalue weighted by Crippen LogP contribution is 2.33. The molecule has 1 unspecified atom stereocenters. The molecule has 11 heteroatoms. The molecule has 3 fully saturated rings. The SMILES string of the molecule is NCC(CCCC(=O)ON1C(=O)CCC1=O)C(=O)CCCC[C@@H]1SC[C@@H]2NC(=O)N[C@@H]21. The minimum absolute atomic E-state index is 0.0159. The Bertz CT molecular complexity index is 716. The molecule has 0 aliphatic carbocycles. The van der Waals surface area contributed by atoms with E-state index in [0.29, 0.717) is 29.6 Å². The Hall–Kier alpha value is -2.14. The lowest BCUT2D eigenvalue weighted by molar-refractivity contribution is -0.197. The van der Waals surface area contributed by atoms with Gasteiger partial charge >= 0.3 is 12.0 Å². The highest BCUT2D eigenvalue weighted by molar-refractivity contribution is 8.00. The van der Waals surface area contributed by atoms with Gasteiger partial charge in [0.05, 0.1) is 12.1 Å². The normalized spacial score (nSPS) is 25.9. The summed E-state index contributed by atoms with van der Waals surface area (Å²) in [6.45, 7) is 0.219. The van der Waals surface area contributed by atoms with Gasteiger partial charge in [0.1, 0.15) is 5.78 Å². The molecule has 31 heavy (non-hydrogen) atoms. The number of unbranched alkanes of at least 4 members (excludes halogenated alkanes) is 1. The largest absolute Gasteiger partial charge is 0.333 e. The van der Waals surface area contributed by atoms with Crippen LogP contribution in [-0.2, 0) is 24.0 Å². The number of urea groups is 1. The maximum absolute atomic E-state index is 12.5. The first-order valence-electron chi connectivity index (χ1n) is 10.9. The van der Waals surface area contributed by atoms with Gasteiger partial charge in [-0.2, -0.15) is 11.8 Å². The van der Waals surface area contributed by atoms with Crippen LogP contribution >= 0.6 is 11.8 Å². The molecular weight excluding hydrogens is 424 g/mol. The van der Waals surface area contributed by atoms with Gasteiger partial charge in [-0.05, 0) is 25.7 Å². The summed E-state index contributed by atoms with van der Waals surface area (Å²) in [6.07, 6.45) is 4.07. The van der Waals surface area contributed by atoms with Crippen LogP contribution in [0.2, 0.25) is 0 Å². The number of nitrogens with two attached hydrogens (primary N) is 1. The Kier molecular flexibility index (Phi) is 8.30. The van der Waals surface area contributed by atoms with Gasteiger partial charge in [0, 0.05) is 49.1 Å². The first-order chi connectivity index (χ1) is 14.9.